The van der Waals surface area contributed by atoms with Crippen LogP contribution in [0.1, 0.15) is 24.0 Å². The van der Waals surface area contributed by atoms with Crippen molar-refractivity contribution in [2.24, 2.45) is 0 Å². The lowest BCUT2D eigenvalue weighted by atomic mass is 10.1. The first-order chi connectivity index (χ1) is 11.2. The fraction of sp³-hybridized carbons (Fsp3) is 0.368. The smallest absolute Gasteiger partial charge is 0.174 e. The lowest BCUT2D eigenvalue weighted by molar-refractivity contribution is 0.346. The van der Waals surface area contributed by atoms with E-state index in [9.17, 15) is 0 Å². The lowest BCUT2D eigenvalue weighted by Gasteiger charge is -2.15. The maximum absolute atomic E-state index is 5.79. The molecule has 4 heteroatoms. The molecular weight excluding hydrogens is 328 g/mol. The van der Waals surface area contributed by atoms with Gasteiger partial charge in [-0.1, -0.05) is 36.0 Å². The van der Waals surface area contributed by atoms with Crippen molar-refractivity contribution in [3.63, 3.8) is 0 Å². The van der Waals surface area contributed by atoms with Crippen LogP contribution in [-0.2, 0) is 6.42 Å². The minimum absolute atomic E-state index is 0.721. The van der Waals surface area contributed by atoms with Crippen molar-refractivity contribution < 1.29 is 9.47 Å². The van der Waals surface area contributed by atoms with E-state index in [4.69, 9.17) is 21.1 Å². The van der Waals surface area contributed by atoms with Crippen LogP contribution in [0.3, 0.4) is 0 Å². The Morgan fingerprint density at radius 3 is 2.35 bits per heavy atom. The second kappa shape index (κ2) is 9.09. The van der Waals surface area contributed by atoms with Crippen LogP contribution >= 0.6 is 23.4 Å². The zero-order valence-corrected chi connectivity index (χ0v) is 15.5. The third kappa shape index (κ3) is 4.58. The Bertz CT molecular complexity index is 643. The summed E-state index contributed by atoms with van der Waals surface area (Å²) in [7, 11) is 3.37. The van der Waals surface area contributed by atoms with Gasteiger partial charge in [-0.3, -0.25) is 0 Å². The summed E-state index contributed by atoms with van der Waals surface area (Å²) in [6.07, 6.45) is 3.19. The third-order valence-corrected chi connectivity index (χ3v) is 5.13. The average molecular weight is 351 g/mol. The highest BCUT2D eigenvalue weighted by Gasteiger charge is 2.15. The second-order valence-electron chi connectivity index (χ2n) is 5.30. The first-order valence-electron chi connectivity index (χ1n) is 7.74. The van der Waals surface area contributed by atoms with E-state index < -0.39 is 0 Å². The highest BCUT2D eigenvalue weighted by molar-refractivity contribution is 7.99. The molecule has 0 amide bonds. The number of benzene rings is 2. The van der Waals surface area contributed by atoms with Gasteiger partial charge in [-0.25, -0.2) is 0 Å². The summed E-state index contributed by atoms with van der Waals surface area (Å²) >= 11 is 7.51. The Labute approximate surface area is 148 Å². The molecule has 0 unspecified atom stereocenters. The predicted octanol–water partition coefficient (Wildman–Crippen LogP) is 5.72. The van der Waals surface area contributed by atoms with E-state index in [-0.39, 0.29) is 0 Å². The van der Waals surface area contributed by atoms with Crippen molar-refractivity contribution in [1.29, 1.82) is 0 Å². The normalized spacial score (nSPS) is 10.6. The summed E-state index contributed by atoms with van der Waals surface area (Å²) in [6, 6.07) is 12.7. The minimum Gasteiger partial charge on any atom is -0.493 e. The van der Waals surface area contributed by atoms with Crippen molar-refractivity contribution in [1.82, 2.24) is 0 Å². The van der Waals surface area contributed by atoms with Gasteiger partial charge in [-0.2, -0.15) is 0 Å². The van der Waals surface area contributed by atoms with Gasteiger partial charge in [-0.15, -0.1) is 11.6 Å². The first-order valence-corrected chi connectivity index (χ1v) is 9.09. The van der Waals surface area contributed by atoms with E-state index in [1.165, 1.54) is 10.5 Å². The van der Waals surface area contributed by atoms with Crippen LogP contribution in [0, 0.1) is 6.92 Å². The van der Waals surface area contributed by atoms with Crippen molar-refractivity contribution in [3.05, 3.63) is 47.5 Å². The van der Waals surface area contributed by atoms with Crippen LogP contribution in [0.2, 0.25) is 0 Å². The molecule has 0 aliphatic rings. The van der Waals surface area contributed by atoms with Crippen molar-refractivity contribution in [3.8, 4) is 11.5 Å². The molecule has 2 rings (SSSR count). The molecule has 0 fully saturated rings. The van der Waals surface area contributed by atoms with Gasteiger partial charge in [0.25, 0.3) is 0 Å². The average Bonchev–Trinajstić information content (AvgIpc) is 2.57. The quantitative estimate of drug-likeness (QED) is 0.447. The maximum Gasteiger partial charge on any atom is 0.174 e. The largest absolute Gasteiger partial charge is 0.493 e. The minimum atomic E-state index is 0.721. The molecule has 0 aliphatic carbocycles. The zero-order valence-electron chi connectivity index (χ0n) is 13.9. The summed E-state index contributed by atoms with van der Waals surface area (Å²) in [6.45, 7) is 2.02. The number of methoxy groups -OCH3 is 2. The van der Waals surface area contributed by atoms with E-state index >= 15 is 0 Å². The molecule has 0 heterocycles. The monoisotopic (exact) mass is 350 g/mol. The van der Waals surface area contributed by atoms with Crippen LogP contribution in [0.5, 0.6) is 11.5 Å². The Morgan fingerprint density at radius 2 is 1.65 bits per heavy atom. The van der Waals surface area contributed by atoms with Gasteiger partial charge in [0.2, 0.25) is 0 Å². The maximum atomic E-state index is 5.79. The van der Waals surface area contributed by atoms with Gasteiger partial charge in [0.1, 0.15) is 0 Å². The van der Waals surface area contributed by atoms with Crippen LogP contribution in [0.25, 0.3) is 0 Å². The standard InChI is InChI=1S/C19H23ClO2S/c1-14-11-12-17(19(22-3)18(14)21-2)23-16-10-5-4-8-15(16)9-6-7-13-20/h4-5,8,10-12H,6-7,9,13H2,1-3H3. The summed E-state index contributed by atoms with van der Waals surface area (Å²) < 4.78 is 11.1. The van der Waals surface area contributed by atoms with Crippen LogP contribution in [0.4, 0.5) is 0 Å². The molecule has 0 saturated carbocycles. The Kier molecular flexibility index (Phi) is 7.13. The van der Waals surface area contributed by atoms with Crippen LogP contribution < -0.4 is 9.47 Å². The van der Waals surface area contributed by atoms with Crippen molar-refractivity contribution in [2.75, 3.05) is 20.1 Å². The molecule has 124 valence electrons. The Hall–Kier alpha value is -1.32. The third-order valence-electron chi connectivity index (χ3n) is 3.70. The van der Waals surface area contributed by atoms with Gasteiger partial charge in [0.15, 0.2) is 11.5 Å². The van der Waals surface area contributed by atoms with Crippen LogP contribution in [-0.4, -0.2) is 20.1 Å². The number of hydrogen-bond donors (Lipinski definition) is 0. The molecule has 0 aliphatic heterocycles. The molecular formula is C19H23ClO2S. The molecule has 2 nitrogen and oxygen atoms in total. The fourth-order valence-corrected chi connectivity index (χ4v) is 3.79. The molecule has 0 spiro atoms. The van der Waals surface area contributed by atoms with Gasteiger partial charge in [0, 0.05) is 10.8 Å². The number of hydrogen-bond acceptors (Lipinski definition) is 3. The molecule has 0 N–H and O–H groups in total. The number of halogens is 1. The van der Waals surface area contributed by atoms with Gasteiger partial charge < -0.3 is 9.47 Å². The molecule has 0 aromatic heterocycles. The van der Waals surface area contributed by atoms with E-state index in [0.717, 1.165) is 47.1 Å². The molecule has 0 atom stereocenters. The molecule has 0 radical (unpaired) electrons. The second-order valence-corrected chi connectivity index (χ2v) is 6.76. The number of aryl methyl sites for hydroxylation is 2. The highest BCUT2D eigenvalue weighted by Crippen LogP contribution is 2.43. The number of ether oxygens (including phenoxy) is 2. The summed E-state index contributed by atoms with van der Waals surface area (Å²) in [5.41, 5.74) is 2.42. The van der Waals surface area contributed by atoms with Crippen molar-refractivity contribution >= 4 is 23.4 Å². The SMILES string of the molecule is COc1c(C)ccc(Sc2ccccc2CCCCCl)c1OC. The number of rotatable bonds is 8. The Balaban J connectivity index is 2.29. The van der Waals surface area contributed by atoms with E-state index in [2.05, 4.69) is 36.4 Å². The molecule has 0 saturated heterocycles. The van der Waals surface area contributed by atoms with Crippen molar-refractivity contribution in [2.45, 2.75) is 36.0 Å². The Morgan fingerprint density at radius 1 is 0.913 bits per heavy atom. The summed E-state index contributed by atoms with van der Waals surface area (Å²) in [5.74, 6) is 2.32. The summed E-state index contributed by atoms with van der Waals surface area (Å²) in [5, 5.41) is 0. The predicted molar refractivity (Wildman–Crippen MR) is 98.5 cm³/mol. The lowest BCUT2D eigenvalue weighted by Crippen LogP contribution is -1.96. The van der Waals surface area contributed by atoms with Gasteiger partial charge in [-0.05, 0) is 49.4 Å². The number of alkyl halides is 1. The highest BCUT2D eigenvalue weighted by atomic mass is 35.5. The molecule has 2 aromatic rings. The van der Waals surface area contributed by atoms with E-state index in [1.54, 1.807) is 26.0 Å². The molecule has 2 aromatic carbocycles. The van der Waals surface area contributed by atoms with E-state index in [1.807, 2.05) is 6.92 Å². The first kappa shape index (κ1) is 18.0. The molecule has 23 heavy (non-hydrogen) atoms. The number of unbranched alkanes of at least 4 members (excludes halogenated alkanes) is 1. The van der Waals surface area contributed by atoms with Gasteiger partial charge in [0.05, 0.1) is 19.1 Å². The fourth-order valence-electron chi connectivity index (χ4n) is 2.51. The van der Waals surface area contributed by atoms with E-state index in [0.29, 0.717) is 0 Å². The van der Waals surface area contributed by atoms with Gasteiger partial charge >= 0.3 is 0 Å². The van der Waals surface area contributed by atoms with Crippen LogP contribution in [0.15, 0.2) is 46.2 Å². The molecule has 0 bridgehead atoms. The zero-order chi connectivity index (χ0) is 16.7. The summed E-state index contributed by atoms with van der Waals surface area (Å²) in [4.78, 5) is 2.33. The topological polar surface area (TPSA) is 18.5 Å².